The summed E-state index contributed by atoms with van der Waals surface area (Å²) in [5.74, 6) is -0.196. The SMILES string of the molecule is CCCC(C)N(C)C(=O)c1nc(Cl)ccc1Cl. The smallest absolute Gasteiger partial charge is 0.274 e. The van der Waals surface area contributed by atoms with Crippen molar-refractivity contribution in [3.8, 4) is 0 Å². The zero-order valence-electron chi connectivity index (χ0n) is 10.2. The molecule has 0 bridgehead atoms. The van der Waals surface area contributed by atoms with Gasteiger partial charge in [-0.25, -0.2) is 4.98 Å². The van der Waals surface area contributed by atoms with Gasteiger partial charge in [0.05, 0.1) is 5.02 Å². The fraction of sp³-hybridized carbons (Fsp3) is 0.500. The number of halogens is 2. The maximum atomic E-state index is 12.2. The fourth-order valence-corrected chi connectivity index (χ4v) is 1.88. The van der Waals surface area contributed by atoms with E-state index in [2.05, 4.69) is 11.9 Å². The van der Waals surface area contributed by atoms with E-state index in [4.69, 9.17) is 23.2 Å². The lowest BCUT2D eigenvalue weighted by Crippen LogP contribution is -2.35. The molecule has 1 rings (SSSR count). The van der Waals surface area contributed by atoms with E-state index in [1.165, 1.54) is 0 Å². The summed E-state index contributed by atoms with van der Waals surface area (Å²) in [5.41, 5.74) is 0.213. The Morgan fingerprint density at radius 3 is 2.71 bits per heavy atom. The summed E-state index contributed by atoms with van der Waals surface area (Å²) < 4.78 is 0. The molecule has 0 aliphatic heterocycles. The fourth-order valence-electron chi connectivity index (χ4n) is 1.55. The van der Waals surface area contributed by atoms with Crippen molar-refractivity contribution in [2.24, 2.45) is 0 Å². The van der Waals surface area contributed by atoms with Crippen molar-refractivity contribution in [3.05, 3.63) is 28.0 Å². The van der Waals surface area contributed by atoms with Gasteiger partial charge in [0.25, 0.3) is 5.91 Å². The first kappa shape index (κ1) is 14.3. The lowest BCUT2D eigenvalue weighted by Gasteiger charge is -2.24. The maximum Gasteiger partial charge on any atom is 0.274 e. The van der Waals surface area contributed by atoms with E-state index < -0.39 is 0 Å². The molecule has 0 aliphatic carbocycles. The number of amides is 1. The van der Waals surface area contributed by atoms with Crippen LogP contribution < -0.4 is 0 Å². The topological polar surface area (TPSA) is 33.2 Å². The Labute approximate surface area is 112 Å². The van der Waals surface area contributed by atoms with Crippen LogP contribution in [0, 0.1) is 0 Å². The first-order chi connectivity index (χ1) is 7.97. The highest BCUT2D eigenvalue weighted by molar-refractivity contribution is 6.34. The van der Waals surface area contributed by atoms with E-state index in [-0.39, 0.29) is 22.8 Å². The summed E-state index contributed by atoms with van der Waals surface area (Å²) in [6.07, 6.45) is 1.97. The minimum atomic E-state index is -0.196. The van der Waals surface area contributed by atoms with Crippen molar-refractivity contribution in [1.29, 1.82) is 0 Å². The molecule has 1 aromatic rings. The molecule has 5 heteroatoms. The third-order valence-corrected chi connectivity index (χ3v) is 3.22. The second-order valence-corrected chi connectivity index (χ2v) is 4.81. The molecule has 0 aromatic carbocycles. The molecular weight excluding hydrogens is 259 g/mol. The zero-order chi connectivity index (χ0) is 13.0. The monoisotopic (exact) mass is 274 g/mol. The summed E-state index contributed by atoms with van der Waals surface area (Å²) in [4.78, 5) is 17.8. The van der Waals surface area contributed by atoms with Crippen LogP contribution in [0.3, 0.4) is 0 Å². The van der Waals surface area contributed by atoms with Gasteiger partial charge in [0, 0.05) is 13.1 Å². The lowest BCUT2D eigenvalue weighted by molar-refractivity contribution is 0.0731. The van der Waals surface area contributed by atoms with E-state index in [9.17, 15) is 4.79 Å². The highest BCUT2D eigenvalue weighted by Gasteiger charge is 2.20. The van der Waals surface area contributed by atoms with Crippen LogP contribution in [0.5, 0.6) is 0 Å². The van der Waals surface area contributed by atoms with Crippen LogP contribution in [0.4, 0.5) is 0 Å². The molecule has 0 aliphatic rings. The van der Waals surface area contributed by atoms with E-state index in [0.29, 0.717) is 5.02 Å². The van der Waals surface area contributed by atoms with Crippen molar-refractivity contribution >= 4 is 29.1 Å². The second kappa shape index (κ2) is 6.22. The van der Waals surface area contributed by atoms with Crippen molar-refractivity contribution in [2.45, 2.75) is 32.7 Å². The Balaban J connectivity index is 2.92. The number of nitrogens with zero attached hydrogens (tertiary/aromatic N) is 2. The van der Waals surface area contributed by atoms with Crippen LogP contribution in [0.25, 0.3) is 0 Å². The molecule has 17 heavy (non-hydrogen) atoms. The Morgan fingerprint density at radius 1 is 1.47 bits per heavy atom. The van der Waals surface area contributed by atoms with E-state index in [0.717, 1.165) is 12.8 Å². The molecule has 1 atom stereocenters. The summed E-state index contributed by atoms with van der Waals surface area (Å²) in [6.45, 7) is 4.08. The third kappa shape index (κ3) is 3.58. The number of aromatic nitrogens is 1. The molecule has 94 valence electrons. The lowest BCUT2D eigenvalue weighted by atomic mass is 10.1. The van der Waals surface area contributed by atoms with Gasteiger partial charge in [-0.3, -0.25) is 4.79 Å². The Hall–Kier alpha value is -0.800. The maximum absolute atomic E-state index is 12.2. The summed E-state index contributed by atoms with van der Waals surface area (Å²) in [5, 5.41) is 0.601. The standard InChI is InChI=1S/C12H16Cl2N2O/c1-4-5-8(2)16(3)12(17)11-9(13)6-7-10(14)15-11/h6-8H,4-5H2,1-3H3. The molecule has 0 fully saturated rings. The molecular formula is C12H16Cl2N2O. The predicted molar refractivity (Wildman–Crippen MR) is 70.7 cm³/mol. The van der Waals surface area contributed by atoms with Gasteiger partial charge in [0.15, 0.2) is 0 Å². The van der Waals surface area contributed by atoms with Gasteiger partial charge < -0.3 is 4.90 Å². The number of hydrogen-bond acceptors (Lipinski definition) is 2. The third-order valence-electron chi connectivity index (χ3n) is 2.70. The Bertz CT molecular complexity index is 409. The molecule has 1 unspecified atom stereocenters. The highest BCUT2D eigenvalue weighted by atomic mass is 35.5. The molecule has 1 aromatic heterocycles. The van der Waals surface area contributed by atoms with E-state index in [1.54, 1.807) is 24.1 Å². The summed E-state index contributed by atoms with van der Waals surface area (Å²) in [7, 11) is 1.75. The summed E-state index contributed by atoms with van der Waals surface area (Å²) >= 11 is 11.7. The molecule has 1 heterocycles. The first-order valence-corrected chi connectivity index (χ1v) is 6.32. The van der Waals surface area contributed by atoms with Crippen LogP contribution in [0.2, 0.25) is 10.2 Å². The van der Waals surface area contributed by atoms with Gasteiger partial charge in [0.1, 0.15) is 10.8 Å². The van der Waals surface area contributed by atoms with Gasteiger partial charge in [-0.2, -0.15) is 0 Å². The van der Waals surface area contributed by atoms with E-state index in [1.807, 2.05) is 6.92 Å². The number of hydrogen-bond donors (Lipinski definition) is 0. The number of rotatable bonds is 4. The number of pyridine rings is 1. The molecule has 3 nitrogen and oxygen atoms in total. The van der Waals surface area contributed by atoms with Gasteiger partial charge in [-0.05, 0) is 25.5 Å². The van der Waals surface area contributed by atoms with Crippen LogP contribution >= 0.6 is 23.2 Å². The first-order valence-electron chi connectivity index (χ1n) is 5.56. The predicted octanol–water partition coefficient (Wildman–Crippen LogP) is 3.65. The van der Waals surface area contributed by atoms with Crippen LogP contribution in [0.15, 0.2) is 12.1 Å². The second-order valence-electron chi connectivity index (χ2n) is 4.02. The number of carbonyl (C=O) groups is 1. The van der Waals surface area contributed by atoms with E-state index >= 15 is 0 Å². The van der Waals surface area contributed by atoms with Gasteiger partial charge >= 0.3 is 0 Å². The molecule has 0 spiro atoms. The van der Waals surface area contributed by atoms with Crippen LogP contribution in [-0.2, 0) is 0 Å². The Morgan fingerprint density at radius 2 is 2.12 bits per heavy atom. The van der Waals surface area contributed by atoms with Crippen LogP contribution in [-0.4, -0.2) is 28.9 Å². The normalized spacial score (nSPS) is 12.3. The number of carbonyl (C=O) groups excluding carboxylic acids is 1. The largest absolute Gasteiger partial charge is 0.338 e. The Kier molecular flexibility index (Phi) is 5.22. The average Bonchev–Trinajstić information content (AvgIpc) is 2.30. The quantitative estimate of drug-likeness (QED) is 0.786. The van der Waals surface area contributed by atoms with Crippen molar-refractivity contribution in [1.82, 2.24) is 9.88 Å². The minimum Gasteiger partial charge on any atom is -0.338 e. The molecule has 0 N–H and O–H groups in total. The minimum absolute atomic E-state index is 0.157. The molecule has 0 saturated carbocycles. The highest BCUT2D eigenvalue weighted by Crippen LogP contribution is 2.19. The molecule has 1 amide bonds. The van der Waals surface area contributed by atoms with Crippen molar-refractivity contribution < 1.29 is 4.79 Å². The zero-order valence-corrected chi connectivity index (χ0v) is 11.7. The molecule has 0 saturated heterocycles. The van der Waals surface area contributed by atoms with Gasteiger partial charge in [-0.1, -0.05) is 36.5 Å². The average molecular weight is 275 g/mol. The van der Waals surface area contributed by atoms with Crippen LogP contribution in [0.1, 0.15) is 37.2 Å². The van der Waals surface area contributed by atoms with Crippen molar-refractivity contribution in [3.63, 3.8) is 0 Å². The van der Waals surface area contributed by atoms with Crippen molar-refractivity contribution in [2.75, 3.05) is 7.05 Å². The van der Waals surface area contributed by atoms with Gasteiger partial charge in [-0.15, -0.1) is 0 Å². The summed E-state index contributed by atoms with van der Waals surface area (Å²) in [6, 6.07) is 3.31. The van der Waals surface area contributed by atoms with Gasteiger partial charge in [0.2, 0.25) is 0 Å². The molecule has 0 radical (unpaired) electrons.